The van der Waals surface area contributed by atoms with Crippen LogP contribution in [0.5, 0.6) is 0 Å². The molecule has 1 aromatic carbocycles. The van der Waals surface area contributed by atoms with E-state index in [2.05, 4.69) is 14.7 Å². The summed E-state index contributed by atoms with van der Waals surface area (Å²) in [6.07, 6.45) is 1.82. The first-order valence-corrected chi connectivity index (χ1v) is 8.98. The Bertz CT molecular complexity index is 985. The SMILES string of the molecule is CNS(=O)(=O)c1ccc(Cl)nc1-c1nc(-c2ccccc2)cn1C. The fraction of sp³-hybridized carbons (Fsp3) is 0.125. The Kier molecular flexibility index (Phi) is 4.40. The molecule has 24 heavy (non-hydrogen) atoms. The minimum atomic E-state index is -3.69. The predicted octanol–water partition coefficient (Wildman–Crippen LogP) is 2.71. The number of sulfonamides is 1. The van der Waals surface area contributed by atoms with E-state index in [4.69, 9.17) is 11.6 Å². The zero-order chi connectivity index (χ0) is 17.3. The second-order valence-electron chi connectivity index (χ2n) is 5.11. The summed E-state index contributed by atoms with van der Waals surface area (Å²) in [7, 11) is -0.557. The highest BCUT2D eigenvalue weighted by Crippen LogP contribution is 2.28. The van der Waals surface area contributed by atoms with Crippen molar-refractivity contribution in [2.75, 3.05) is 7.05 Å². The minimum absolute atomic E-state index is 0.0303. The first-order chi connectivity index (χ1) is 11.4. The zero-order valence-corrected chi connectivity index (χ0v) is 14.6. The third-order valence-corrected chi connectivity index (χ3v) is 5.20. The summed E-state index contributed by atoms with van der Waals surface area (Å²) >= 11 is 5.97. The maximum atomic E-state index is 12.3. The molecule has 0 unspecified atom stereocenters. The van der Waals surface area contributed by atoms with Gasteiger partial charge in [-0.25, -0.2) is 23.1 Å². The summed E-state index contributed by atoms with van der Waals surface area (Å²) < 4.78 is 28.6. The third kappa shape index (κ3) is 3.06. The van der Waals surface area contributed by atoms with E-state index in [1.807, 2.05) is 36.5 Å². The van der Waals surface area contributed by atoms with E-state index < -0.39 is 10.0 Å². The molecular formula is C16H15ClN4O2S. The largest absolute Gasteiger partial charge is 0.332 e. The second kappa shape index (κ2) is 6.35. The molecule has 0 fully saturated rings. The number of pyridine rings is 1. The first kappa shape index (κ1) is 16.6. The van der Waals surface area contributed by atoms with Crippen LogP contribution >= 0.6 is 11.6 Å². The molecule has 0 aliphatic carbocycles. The van der Waals surface area contributed by atoms with Crippen molar-refractivity contribution in [1.29, 1.82) is 0 Å². The van der Waals surface area contributed by atoms with Gasteiger partial charge >= 0.3 is 0 Å². The van der Waals surface area contributed by atoms with Crippen LogP contribution in [0.4, 0.5) is 0 Å². The molecule has 6 nitrogen and oxygen atoms in total. The summed E-state index contributed by atoms with van der Waals surface area (Å²) in [5, 5.41) is 0.198. The molecule has 3 aromatic rings. The van der Waals surface area contributed by atoms with E-state index in [1.54, 1.807) is 11.6 Å². The van der Waals surface area contributed by atoms with Gasteiger partial charge in [0.25, 0.3) is 0 Å². The van der Waals surface area contributed by atoms with Gasteiger partial charge < -0.3 is 4.57 Å². The van der Waals surface area contributed by atoms with E-state index in [0.29, 0.717) is 5.82 Å². The summed E-state index contributed by atoms with van der Waals surface area (Å²) in [5.74, 6) is 0.421. The van der Waals surface area contributed by atoms with Gasteiger partial charge in [-0.2, -0.15) is 0 Å². The van der Waals surface area contributed by atoms with Gasteiger partial charge in [-0.15, -0.1) is 0 Å². The molecule has 0 aliphatic rings. The van der Waals surface area contributed by atoms with Gasteiger partial charge in [0.1, 0.15) is 15.7 Å². The summed E-state index contributed by atoms with van der Waals surface area (Å²) in [4.78, 5) is 8.77. The number of nitrogens with one attached hydrogen (secondary N) is 1. The molecule has 0 spiro atoms. The molecule has 0 amide bonds. The fourth-order valence-corrected chi connectivity index (χ4v) is 3.35. The second-order valence-corrected chi connectivity index (χ2v) is 7.36. The van der Waals surface area contributed by atoms with Gasteiger partial charge in [-0.05, 0) is 19.2 Å². The number of nitrogens with zero attached hydrogens (tertiary/aromatic N) is 3. The number of rotatable bonds is 4. The Morgan fingerprint density at radius 3 is 2.46 bits per heavy atom. The number of aryl methyl sites for hydroxylation is 1. The minimum Gasteiger partial charge on any atom is -0.332 e. The zero-order valence-electron chi connectivity index (χ0n) is 13.1. The molecule has 0 bridgehead atoms. The number of hydrogen-bond acceptors (Lipinski definition) is 4. The molecular weight excluding hydrogens is 348 g/mol. The van der Waals surface area contributed by atoms with Crippen molar-refractivity contribution >= 4 is 21.6 Å². The molecule has 0 saturated heterocycles. The predicted molar refractivity (Wildman–Crippen MR) is 93.1 cm³/mol. The van der Waals surface area contributed by atoms with Gasteiger partial charge in [0.15, 0.2) is 5.82 Å². The summed E-state index contributed by atoms with van der Waals surface area (Å²) in [5.41, 5.74) is 1.86. The van der Waals surface area contributed by atoms with Crippen molar-refractivity contribution in [2.45, 2.75) is 4.90 Å². The van der Waals surface area contributed by atoms with Crippen molar-refractivity contribution in [2.24, 2.45) is 7.05 Å². The highest BCUT2D eigenvalue weighted by atomic mass is 35.5. The number of imidazole rings is 1. The van der Waals surface area contributed by atoms with Crippen molar-refractivity contribution in [3.8, 4) is 22.8 Å². The van der Waals surface area contributed by atoms with Crippen LogP contribution in [0.3, 0.4) is 0 Å². The molecule has 8 heteroatoms. The fourth-order valence-electron chi connectivity index (χ4n) is 2.34. The van der Waals surface area contributed by atoms with Crippen LogP contribution in [-0.4, -0.2) is 30.0 Å². The number of benzene rings is 1. The summed E-state index contributed by atoms with van der Waals surface area (Å²) in [6, 6.07) is 12.5. The average Bonchev–Trinajstić information content (AvgIpc) is 2.97. The van der Waals surface area contributed by atoms with Gasteiger partial charge in [0, 0.05) is 18.8 Å². The molecule has 2 heterocycles. The molecule has 3 rings (SSSR count). The molecule has 2 aromatic heterocycles. The number of halogens is 1. The molecule has 0 atom stereocenters. The van der Waals surface area contributed by atoms with Crippen molar-refractivity contribution in [3.05, 3.63) is 53.8 Å². The molecule has 0 aliphatic heterocycles. The highest BCUT2D eigenvalue weighted by molar-refractivity contribution is 7.89. The Morgan fingerprint density at radius 1 is 1.08 bits per heavy atom. The lowest BCUT2D eigenvalue weighted by Crippen LogP contribution is -2.20. The van der Waals surface area contributed by atoms with Crippen LogP contribution in [0.2, 0.25) is 5.15 Å². The van der Waals surface area contributed by atoms with Crippen molar-refractivity contribution < 1.29 is 8.42 Å². The van der Waals surface area contributed by atoms with Crippen LogP contribution < -0.4 is 4.72 Å². The van der Waals surface area contributed by atoms with Crippen LogP contribution in [0.15, 0.2) is 53.6 Å². The molecule has 1 N–H and O–H groups in total. The van der Waals surface area contributed by atoms with Gasteiger partial charge in [-0.3, -0.25) is 0 Å². The van der Waals surface area contributed by atoms with E-state index >= 15 is 0 Å². The lowest BCUT2D eigenvalue weighted by molar-refractivity contribution is 0.588. The lowest BCUT2D eigenvalue weighted by atomic mass is 10.2. The van der Waals surface area contributed by atoms with Crippen LogP contribution in [-0.2, 0) is 17.1 Å². The normalized spacial score (nSPS) is 11.6. The third-order valence-electron chi connectivity index (χ3n) is 3.54. The number of hydrogen-bond donors (Lipinski definition) is 1. The topological polar surface area (TPSA) is 76.9 Å². The molecule has 0 saturated carbocycles. The maximum absolute atomic E-state index is 12.3. The van der Waals surface area contributed by atoms with Gasteiger partial charge in [0.2, 0.25) is 10.0 Å². The van der Waals surface area contributed by atoms with Gasteiger partial charge in [-0.1, -0.05) is 41.9 Å². The van der Waals surface area contributed by atoms with Crippen LogP contribution in [0.25, 0.3) is 22.8 Å². The van der Waals surface area contributed by atoms with Crippen LogP contribution in [0, 0.1) is 0 Å². The molecule has 124 valence electrons. The van der Waals surface area contributed by atoms with Crippen molar-refractivity contribution in [1.82, 2.24) is 19.3 Å². The Labute approximate surface area is 145 Å². The quantitative estimate of drug-likeness (QED) is 0.724. The van der Waals surface area contributed by atoms with Gasteiger partial charge in [0.05, 0.1) is 5.69 Å². The van der Waals surface area contributed by atoms with Crippen molar-refractivity contribution in [3.63, 3.8) is 0 Å². The van der Waals surface area contributed by atoms with E-state index in [9.17, 15) is 8.42 Å². The monoisotopic (exact) mass is 362 g/mol. The standard InChI is InChI=1S/C16H15ClN4O2S/c1-18-24(22,23)13-8-9-14(17)20-15(13)16-19-12(10-21(16)2)11-6-4-3-5-7-11/h3-10,18H,1-2H3. The Balaban J connectivity index is 2.20. The summed E-state index contributed by atoms with van der Waals surface area (Å²) in [6.45, 7) is 0. The molecule has 0 radical (unpaired) electrons. The van der Waals surface area contributed by atoms with Crippen LogP contribution in [0.1, 0.15) is 0 Å². The highest BCUT2D eigenvalue weighted by Gasteiger charge is 2.23. The first-order valence-electron chi connectivity index (χ1n) is 7.11. The van der Waals surface area contributed by atoms with E-state index in [1.165, 1.54) is 19.2 Å². The lowest BCUT2D eigenvalue weighted by Gasteiger charge is -2.09. The Hall–Kier alpha value is -2.22. The number of aromatic nitrogens is 3. The van der Waals surface area contributed by atoms with E-state index in [-0.39, 0.29) is 15.7 Å². The van der Waals surface area contributed by atoms with E-state index in [0.717, 1.165) is 11.3 Å². The smallest absolute Gasteiger partial charge is 0.242 e. The Morgan fingerprint density at radius 2 is 1.79 bits per heavy atom. The average molecular weight is 363 g/mol. The maximum Gasteiger partial charge on any atom is 0.242 e.